The van der Waals surface area contributed by atoms with Crippen LogP contribution in [0.15, 0.2) is 24.3 Å². The van der Waals surface area contributed by atoms with Gasteiger partial charge in [-0.2, -0.15) is 0 Å². The van der Waals surface area contributed by atoms with E-state index in [4.69, 9.17) is 4.74 Å². The number of carboxylic acid groups (broad SMARTS) is 1. The molecule has 1 unspecified atom stereocenters. The summed E-state index contributed by atoms with van der Waals surface area (Å²) in [6, 6.07) is 8.12. The topological polar surface area (TPSA) is 66.8 Å². The van der Waals surface area contributed by atoms with Crippen LogP contribution in [0.5, 0.6) is 5.75 Å². The van der Waals surface area contributed by atoms with Crippen molar-refractivity contribution in [2.45, 2.75) is 57.4 Å². The maximum absolute atomic E-state index is 12.9. The van der Waals surface area contributed by atoms with Crippen molar-refractivity contribution in [2.24, 2.45) is 5.41 Å². The maximum Gasteiger partial charge on any atom is 0.310 e. The Kier molecular flexibility index (Phi) is 5.30. The molecule has 5 heteroatoms. The highest BCUT2D eigenvalue weighted by Gasteiger charge is 2.52. The van der Waals surface area contributed by atoms with Crippen LogP contribution in [0.2, 0.25) is 0 Å². The Morgan fingerprint density at radius 2 is 2.08 bits per heavy atom. The van der Waals surface area contributed by atoms with Crippen LogP contribution in [-0.4, -0.2) is 41.6 Å². The Hall–Kier alpha value is -2.04. The number of amides is 1. The number of aliphatic carboxylic acids is 1. The highest BCUT2D eigenvalue weighted by atomic mass is 16.5. The van der Waals surface area contributed by atoms with Crippen LogP contribution >= 0.6 is 0 Å². The lowest BCUT2D eigenvalue weighted by atomic mass is 9.98. The SMILES string of the molecule is COc1cccc(CC2CCCCCN2C(=O)CC2(C(=O)O)CC2)c1. The second-order valence-electron chi connectivity index (χ2n) is 7.41. The van der Waals surface area contributed by atoms with Crippen molar-refractivity contribution in [2.75, 3.05) is 13.7 Å². The molecule has 1 saturated carbocycles. The summed E-state index contributed by atoms with van der Waals surface area (Å²) in [6.45, 7) is 0.739. The van der Waals surface area contributed by atoms with E-state index in [1.165, 1.54) is 0 Å². The molecule has 2 fully saturated rings. The summed E-state index contributed by atoms with van der Waals surface area (Å²) in [5.74, 6) is 0.0153. The predicted molar refractivity (Wildman–Crippen MR) is 94.6 cm³/mol. The van der Waals surface area contributed by atoms with Gasteiger partial charge in [-0.1, -0.05) is 25.0 Å². The largest absolute Gasteiger partial charge is 0.497 e. The third-order valence-electron chi connectivity index (χ3n) is 5.60. The first-order valence-electron chi connectivity index (χ1n) is 9.20. The van der Waals surface area contributed by atoms with Gasteiger partial charge in [-0.15, -0.1) is 0 Å². The van der Waals surface area contributed by atoms with Crippen LogP contribution in [-0.2, 0) is 16.0 Å². The van der Waals surface area contributed by atoms with Gasteiger partial charge in [0.15, 0.2) is 0 Å². The Labute approximate surface area is 149 Å². The summed E-state index contributed by atoms with van der Waals surface area (Å²) in [6.07, 6.45) is 6.42. The molecule has 1 saturated heterocycles. The molecule has 3 rings (SSSR count). The molecule has 136 valence electrons. The van der Waals surface area contributed by atoms with Crippen LogP contribution < -0.4 is 4.74 Å². The van der Waals surface area contributed by atoms with Crippen LogP contribution in [0.4, 0.5) is 0 Å². The van der Waals surface area contributed by atoms with Crippen molar-refractivity contribution in [3.05, 3.63) is 29.8 Å². The lowest BCUT2D eigenvalue weighted by Gasteiger charge is -2.31. The molecule has 1 N–H and O–H groups in total. The number of carbonyl (C=O) groups is 2. The third-order valence-corrected chi connectivity index (χ3v) is 5.60. The first kappa shape index (κ1) is 17.8. The van der Waals surface area contributed by atoms with Gasteiger partial charge in [-0.3, -0.25) is 9.59 Å². The second-order valence-corrected chi connectivity index (χ2v) is 7.41. The van der Waals surface area contributed by atoms with E-state index in [2.05, 4.69) is 6.07 Å². The minimum absolute atomic E-state index is 0.00898. The Morgan fingerprint density at radius 1 is 1.28 bits per heavy atom. The van der Waals surface area contributed by atoms with E-state index in [1.807, 2.05) is 23.1 Å². The molecule has 1 aromatic rings. The summed E-state index contributed by atoms with van der Waals surface area (Å²) < 4.78 is 5.30. The van der Waals surface area contributed by atoms with Crippen molar-refractivity contribution in [1.82, 2.24) is 4.90 Å². The number of nitrogens with zero attached hydrogens (tertiary/aromatic N) is 1. The first-order chi connectivity index (χ1) is 12.0. The fourth-order valence-corrected chi connectivity index (χ4v) is 3.80. The fourth-order valence-electron chi connectivity index (χ4n) is 3.80. The van der Waals surface area contributed by atoms with E-state index in [0.29, 0.717) is 12.8 Å². The third kappa shape index (κ3) is 4.14. The molecule has 1 heterocycles. The molecule has 1 aromatic carbocycles. The van der Waals surface area contributed by atoms with E-state index in [-0.39, 0.29) is 18.4 Å². The van der Waals surface area contributed by atoms with E-state index >= 15 is 0 Å². The number of hydrogen-bond acceptors (Lipinski definition) is 3. The van der Waals surface area contributed by atoms with Crippen LogP contribution in [0.1, 0.15) is 50.5 Å². The Bertz CT molecular complexity index is 638. The number of carbonyl (C=O) groups excluding carboxylic acids is 1. The van der Waals surface area contributed by atoms with Crippen molar-refractivity contribution < 1.29 is 19.4 Å². The summed E-state index contributed by atoms with van der Waals surface area (Å²) in [4.78, 5) is 26.3. The summed E-state index contributed by atoms with van der Waals surface area (Å²) >= 11 is 0. The quantitative estimate of drug-likeness (QED) is 0.859. The molecule has 0 radical (unpaired) electrons. The highest BCUT2D eigenvalue weighted by Crippen LogP contribution is 2.49. The average molecular weight is 345 g/mol. The molecule has 1 amide bonds. The van der Waals surface area contributed by atoms with Gasteiger partial charge in [0.2, 0.25) is 5.91 Å². The smallest absolute Gasteiger partial charge is 0.310 e. The van der Waals surface area contributed by atoms with Crippen molar-refractivity contribution in [3.8, 4) is 5.75 Å². The van der Waals surface area contributed by atoms with Crippen molar-refractivity contribution in [1.29, 1.82) is 0 Å². The number of rotatable bonds is 6. The van der Waals surface area contributed by atoms with Crippen molar-refractivity contribution >= 4 is 11.9 Å². The molecule has 0 bridgehead atoms. The zero-order valence-electron chi connectivity index (χ0n) is 14.9. The van der Waals surface area contributed by atoms with Crippen LogP contribution in [0.25, 0.3) is 0 Å². The minimum Gasteiger partial charge on any atom is -0.497 e. The number of likely N-dealkylation sites (tertiary alicyclic amines) is 1. The van der Waals surface area contributed by atoms with E-state index in [0.717, 1.165) is 50.0 Å². The molecule has 1 aliphatic heterocycles. The highest BCUT2D eigenvalue weighted by molar-refractivity contribution is 5.87. The Morgan fingerprint density at radius 3 is 2.76 bits per heavy atom. The summed E-state index contributed by atoms with van der Waals surface area (Å²) in [7, 11) is 1.65. The average Bonchev–Trinajstić information content (AvgIpc) is 3.40. The molecule has 0 aromatic heterocycles. The second kappa shape index (κ2) is 7.46. The lowest BCUT2D eigenvalue weighted by Crippen LogP contribution is -2.42. The van der Waals surface area contributed by atoms with Gasteiger partial charge in [0, 0.05) is 19.0 Å². The molecule has 2 aliphatic rings. The van der Waals surface area contributed by atoms with Crippen LogP contribution in [0.3, 0.4) is 0 Å². The zero-order valence-corrected chi connectivity index (χ0v) is 14.9. The van der Waals surface area contributed by atoms with Gasteiger partial charge in [0.05, 0.1) is 12.5 Å². The number of carboxylic acids is 1. The van der Waals surface area contributed by atoms with E-state index < -0.39 is 11.4 Å². The number of hydrogen-bond donors (Lipinski definition) is 1. The molecule has 5 nitrogen and oxygen atoms in total. The molecular formula is C20H27NO4. The van der Waals surface area contributed by atoms with Gasteiger partial charge in [0.25, 0.3) is 0 Å². The molecule has 25 heavy (non-hydrogen) atoms. The van der Waals surface area contributed by atoms with E-state index in [1.54, 1.807) is 7.11 Å². The summed E-state index contributed by atoms with van der Waals surface area (Å²) in [5, 5.41) is 9.38. The maximum atomic E-state index is 12.9. The first-order valence-corrected chi connectivity index (χ1v) is 9.20. The number of ether oxygens (including phenoxy) is 1. The molecule has 1 atom stereocenters. The van der Waals surface area contributed by atoms with E-state index in [9.17, 15) is 14.7 Å². The number of benzene rings is 1. The standard InChI is InChI=1S/C20H27NO4/c1-25-17-8-5-6-15(13-17)12-16-7-3-2-4-11-21(16)18(22)14-20(9-10-20)19(23)24/h5-6,8,13,16H,2-4,7,9-12,14H2,1H3,(H,23,24). The molecule has 1 aliphatic carbocycles. The number of methoxy groups -OCH3 is 1. The van der Waals surface area contributed by atoms with Gasteiger partial charge < -0.3 is 14.7 Å². The predicted octanol–water partition coefficient (Wildman–Crippen LogP) is 3.26. The Balaban J connectivity index is 1.72. The van der Waals surface area contributed by atoms with Gasteiger partial charge in [-0.25, -0.2) is 0 Å². The zero-order chi connectivity index (χ0) is 17.9. The minimum atomic E-state index is -0.819. The molecular weight excluding hydrogens is 318 g/mol. The van der Waals surface area contributed by atoms with Gasteiger partial charge >= 0.3 is 5.97 Å². The van der Waals surface area contributed by atoms with Crippen LogP contribution in [0, 0.1) is 5.41 Å². The molecule has 0 spiro atoms. The summed E-state index contributed by atoms with van der Waals surface area (Å²) in [5.41, 5.74) is 0.368. The van der Waals surface area contributed by atoms with Crippen molar-refractivity contribution in [3.63, 3.8) is 0 Å². The van der Waals surface area contributed by atoms with Gasteiger partial charge in [0.1, 0.15) is 5.75 Å². The lowest BCUT2D eigenvalue weighted by molar-refractivity contribution is -0.148. The fraction of sp³-hybridized carbons (Fsp3) is 0.600. The monoisotopic (exact) mass is 345 g/mol. The van der Waals surface area contributed by atoms with Gasteiger partial charge in [-0.05, 0) is 49.8 Å². The normalized spacial score (nSPS) is 22.1.